The number of benzene rings is 3. The number of rotatable bonds is 7. The van der Waals surface area contributed by atoms with Gasteiger partial charge in [0, 0.05) is 12.1 Å². The fraction of sp³-hybridized carbons (Fsp3) is 0.133. The van der Waals surface area contributed by atoms with Crippen LogP contribution < -0.4 is 14.9 Å². The number of ether oxygens (including phenoxy) is 2. The molecule has 0 saturated heterocycles. The summed E-state index contributed by atoms with van der Waals surface area (Å²) in [7, 11) is 1.28. The minimum Gasteiger partial charge on any atom is -0.465 e. The summed E-state index contributed by atoms with van der Waals surface area (Å²) in [6.45, 7) is 1.70. The predicted octanol–water partition coefficient (Wildman–Crippen LogP) is 3.67. The molecule has 1 unspecified atom stereocenters. The third-order valence-electron chi connectivity index (χ3n) is 6.48. The third kappa shape index (κ3) is 5.61. The molecule has 3 aromatic carbocycles. The number of thiazole rings is 1. The lowest BCUT2D eigenvalue weighted by atomic mass is 9.95. The average molecular weight is 570 g/mol. The van der Waals surface area contributed by atoms with Crippen molar-refractivity contribution in [3.8, 4) is 0 Å². The number of hydrogen-bond donors (Lipinski definition) is 0. The van der Waals surface area contributed by atoms with Crippen LogP contribution in [0.1, 0.15) is 40.0 Å². The number of fused-ring (bicyclic) bond motifs is 1. The zero-order valence-corrected chi connectivity index (χ0v) is 22.8. The molecule has 4 aromatic rings. The predicted molar refractivity (Wildman–Crippen MR) is 151 cm³/mol. The van der Waals surface area contributed by atoms with Crippen LogP contribution >= 0.6 is 11.3 Å². The maximum absolute atomic E-state index is 13.8. The Morgan fingerprint density at radius 1 is 1.05 bits per heavy atom. The van der Waals surface area contributed by atoms with E-state index in [-0.39, 0.29) is 22.4 Å². The normalized spacial score (nSPS) is 14.7. The molecule has 0 aliphatic carbocycles. The zero-order chi connectivity index (χ0) is 29.1. The summed E-state index contributed by atoms with van der Waals surface area (Å²) < 4.78 is 12.1. The van der Waals surface area contributed by atoms with Crippen LogP contribution in [0.4, 0.5) is 5.69 Å². The van der Waals surface area contributed by atoms with Crippen molar-refractivity contribution in [2.75, 3.05) is 7.11 Å². The van der Waals surface area contributed by atoms with E-state index >= 15 is 0 Å². The van der Waals surface area contributed by atoms with E-state index in [1.54, 1.807) is 43.3 Å². The first-order valence-corrected chi connectivity index (χ1v) is 13.2. The van der Waals surface area contributed by atoms with Crippen molar-refractivity contribution in [2.45, 2.75) is 19.6 Å². The molecule has 1 aliphatic rings. The highest BCUT2D eigenvalue weighted by Crippen LogP contribution is 2.31. The molecule has 206 valence electrons. The fourth-order valence-electron chi connectivity index (χ4n) is 4.50. The number of methoxy groups -OCH3 is 1. The molecule has 0 bridgehead atoms. The Balaban J connectivity index is 1.62. The van der Waals surface area contributed by atoms with Crippen LogP contribution in [0.25, 0.3) is 6.08 Å². The first-order valence-electron chi connectivity index (χ1n) is 12.4. The minimum absolute atomic E-state index is 0.0294. The monoisotopic (exact) mass is 569 g/mol. The van der Waals surface area contributed by atoms with Crippen LogP contribution in [0.15, 0.2) is 99.9 Å². The molecule has 0 radical (unpaired) electrons. The lowest BCUT2D eigenvalue weighted by Crippen LogP contribution is -2.39. The summed E-state index contributed by atoms with van der Waals surface area (Å²) in [5, 5.41) is 11.2. The Bertz CT molecular complexity index is 1870. The second-order valence-corrected chi connectivity index (χ2v) is 10.1. The quantitative estimate of drug-likeness (QED) is 0.189. The summed E-state index contributed by atoms with van der Waals surface area (Å²) in [4.78, 5) is 55.0. The molecule has 41 heavy (non-hydrogen) atoms. The molecule has 0 spiro atoms. The van der Waals surface area contributed by atoms with E-state index < -0.39 is 28.5 Å². The van der Waals surface area contributed by atoms with E-state index in [1.165, 1.54) is 29.9 Å². The second-order valence-electron chi connectivity index (χ2n) is 9.11. The highest BCUT2D eigenvalue weighted by atomic mass is 32.1. The van der Waals surface area contributed by atoms with E-state index in [1.807, 2.05) is 30.3 Å². The molecule has 1 aliphatic heterocycles. The first-order chi connectivity index (χ1) is 19.8. The van der Waals surface area contributed by atoms with Crippen LogP contribution in [-0.4, -0.2) is 28.5 Å². The summed E-state index contributed by atoms with van der Waals surface area (Å²) in [6.07, 6.45) is 1.56. The molecule has 0 saturated carbocycles. The smallest absolute Gasteiger partial charge is 0.338 e. The van der Waals surface area contributed by atoms with Crippen molar-refractivity contribution >= 4 is 35.0 Å². The summed E-state index contributed by atoms with van der Waals surface area (Å²) >= 11 is 1.11. The van der Waals surface area contributed by atoms with Crippen LogP contribution in [0, 0.1) is 10.1 Å². The summed E-state index contributed by atoms with van der Waals surface area (Å²) in [6, 6.07) is 20.7. The van der Waals surface area contributed by atoms with Gasteiger partial charge in [0.05, 0.1) is 39.4 Å². The van der Waals surface area contributed by atoms with Crippen LogP contribution in [0.5, 0.6) is 0 Å². The van der Waals surface area contributed by atoms with Gasteiger partial charge >= 0.3 is 11.9 Å². The maximum atomic E-state index is 13.8. The molecule has 1 aromatic heterocycles. The fourth-order valence-corrected chi connectivity index (χ4v) is 5.54. The van der Waals surface area contributed by atoms with Gasteiger partial charge in [-0.3, -0.25) is 19.5 Å². The number of hydrogen-bond acceptors (Lipinski definition) is 9. The van der Waals surface area contributed by atoms with Crippen molar-refractivity contribution in [2.24, 2.45) is 4.99 Å². The number of carbonyl (C=O) groups excluding carboxylic acids is 2. The average Bonchev–Trinajstić information content (AvgIpc) is 3.29. The number of aromatic nitrogens is 1. The number of nitrogens with zero attached hydrogens (tertiary/aromatic N) is 3. The van der Waals surface area contributed by atoms with Gasteiger partial charge in [0.15, 0.2) is 4.80 Å². The van der Waals surface area contributed by atoms with Crippen molar-refractivity contribution in [1.82, 2.24) is 4.57 Å². The van der Waals surface area contributed by atoms with E-state index in [4.69, 9.17) is 9.47 Å². The van der Waals surface area contributed by atoms with Gasteiger partial charge in [0.25, 0.3) is 11.2 Å². The number of esters is 2. The van der Waals surface area contributed by atoms with Gasteiger partial charge in [-0.2, -0.15) is 0 Å². The van der Waals surface area contributed by atoms with E-state index in [2.05, 4.69) is 4.99 Å². The maximum Gasteiger partial charge on any atom is 0.338 e. The zero-order valence-electron chi connectivity index (χ0n) is 22.0. The Labute approximate surface area is 237 Å². The minimum atomic E-state index is -0.895. The van der Waals surface area contributed by atoms with Crippen molar-refractivity contribution in [3.63, 3.8) is 0 Å². The number of nitro benzene ring substituents is 1. The standard InChI is InChI=1S/C30H23N3O7S/c1-18-25(29(36)40-17-19-7-4-3-5-8-19)26(21-11-13-22(14-12-21)28(35)39-2)32-27(34)24(41-30(32)31-18)16-20-9-6-10-23(15-20)33(37)38/h3-16,26H,17H2,1-2H3. The molecule has 11 heteroatoms. The van der Waals surface area contributed by atoms with Gasteiger partial charge in [-0.1, -0.05) is 65.9 Å². The lowest BCUT2D eigenvalue weighted by molar-refractivity contribution is -0.384. The third-order valence-corrected chi connectivity index (χ3v) is 7.46. The van der Waals surface area contributed by atoms with Crippen LogP contribution in [-0.2, 0) is 20.9 Å². The Kier molecular flexibility index (Phi) is 7.70. The molecular weight excluding hydrogens is 546 g/mol. The van der Waals surface area contributed by atoms with Gasteiger partial charge in [-0.05, 0) is 41.8 Å². The molecule has 0 fully saturated rings. The number of non-ortho nitro benzene ring substituents is 1. The molecular formula is C30H23N3O7S. The van der Waals surface area contributed by atoms with E-state index in [9.17, 15) is 24.5 Å². The molecule has 10 nitrogen and oxygen atoms in total. The topological polar surface area (TPSA) is 130 Å². The van der Waals surface area contributed by atoms with Crippen molar-refractivity contribution < 1.29 is 24.0 Å². The second kappa shape index (κ2) is 11.5. The van der Waals surface area contributed by atoms with Gasteiger partial charge in [0.1, 0.15) is 6.61 Å². The van der Waals surface area contributed by atoms with Crippen LogP contribution in [0.2, 0.25) is 0 Å². The Hall–Kier alpha value is -5.16. The van der Waals surface area contributed by atoms with Gasteiger partial charge < -0.3 is 9.47 Å². The highest BCUT2D eigenvalue weighted by molar-refractivity contribution is 7.07. The summed E-state index contributed by atoms with van der Waals surface area (Å²) in [5.74, 6) is -1.16. The Morgan fingerprint density at radius 3 is 2.46 bits per heavy atom. The first kappa shape index (κ1) is 27.4. The molecule has 0 amide bonds. The van der Waals surface area contributed by atoms with Crippen LogP contribution in [0.3, 0.4) is 0 Å². The van der Waals surface area contributed by atoms with Gasteiger partial charge in [-0.15, -0.1) is 0 Å². The van der Waals surface area contributed by atoms with Gasteiger partial charge in [-0.25, -0.2) is 14.6 Å². The molecule has 2 heterocycles. The highest BCUT2D eigenvalue weighted by Gasteiger charge is 2.33. The number of carbonyl (C=O) groups is 2. The Morgan fingerprint density at radius 2 is 1.78 bits per heavy atom. The van der Waals surface area contributed by atoms with Crippen molar-refractivity contribution in [3.05, 3.63) is 142 Å². The SMILES string of the molecule is COC(=O)c1ccc(C2C(C(=O)OCc3ccccc3)=C(C)N=c3sc(=Cc4cccc([N+](=O)[O-])c4)c(=O)n32)cc1. The molecule has 0 N–H and O–H groups in total. The number of nitro groups is 1. The lowest BCUT2D eigenvalue weighted by Gasteiger charge is -2.25. The summed E-state index contributed by atoms with van der Waals surface area (Å²) in [5.41, 5.74) is 2.17. The largest absolute Gasteiger partial charge is 0.465 e. The van der Waals surface area contributed by atoms with E-state index in [0.29, 0.717) is 27.2 Å². The molecule has 1 atom stereocenters. The molecule has 5 rings (SSSR count). The van der Waals surface area contributed by atoms with Gasteiger partial charge in [0.2, 0.25) is 0 Å². The van der Waals surface area contributed by atoms with E-state index in [0.717, 1.165) is 16.9 Å². The number of allylic oxidation sites excluding steroid dienone is 1. The van der Waals surface area contributed by atoms with Crippen molar-refractivity contribution in [1.29, 1.82) is 0 Å².